The van der Waals surface area contributed by atoms with E-state index in [2.05, 4.69) is 16.0 Å². The molecule has 35 heavy (non-hydrogen) atoms. The second-order valence-electron chi connectivity index (χ2n) is 8.75. The predicted molar refractivity (Wildman–Crippen MR) is 118 cm³/mol. The summed E-state index contributed by atoms with van der Waals surface area (Å²) in [5.74, 6) is -2.30. The fourth-order valence-electron chi connectivity index (χ4n) is 4.99. The molecule has 3 aliphatic rings. The number of nitrogens with one attached hydrogen (secondary N) is 3. The average molecular weight is 478 g/mol. The van der Waals surface area contributed by atoms with Gasteiger partial charge in [-0.05, 0) is 41.8 Å². The van der Waals surface area contributed by atoms with E-state index in [-0.39, 0.29) is 36.1 Å². The molecule has 1 unspecified atom stereocenters. The Hall–Kier alpha value is -4.41. The Balaban J connectivity index is 1.42. The van der Waals surface area contributed by atoms with Crippen LogP contribution in [0, 0.1) is 5.82 Å². The van der Waals surface area contributed by atoms with Gasteiger partial charge in [-0.25, -0.2) is 9.18 Å². The number of methoxy groups -OCH3 is 1. The predicted octanol–water partition coefficient (Wildman–Crippen LogP) is 1.56. The molecule has 2 aromatic carbocycles. The molecule has 1 atom stereocenters. The van der Waals surface area contributed by atoms with Crippen LogP contribution in [0.1, 0.15) is 37.6 Å². The van der Waals surface area contributed by atoms with Gasteiger partial charge in [0, 0.05) is 24.0 Å². The zero-order chi connectivity index (χ0) is 24.5. The third-order valence-corrected chi connectivity index (χ3v) is 6.73. The second-order valence-corrected chi connectivity index (χ2v) is 8.75. The maximum Gasteiger partial charge on any atom is 0.322 e. The van der Waals surface area contributed by atoms with Gasteiger partial charge >= 0.3 is 6.03 Å². The van der Waals surface area contributed by atoms with Crippen molar-refractivity contribution in [1.82, 2.24) is 20.9 Å². The average Bonchev–Trinajstić information content (AvgIpc) is 3.47. The van der Waals surface area contributed by atoms with Crippen molar-refractivity contribution >= 4 is 34.7 Å². The van der Waals surface area contributed by atoms with Gasteiger partial charge in [0.15, 0.2) is 17.1 Å². The first-order valence-electron chi connectivity index (χ1n) is 10.9. The van der Waals surface area contributed by atoms with E-state index in [0.29, 0.717) is 35.1 Å². The van der Waals surface area contributed by atoms with Crippen molar-refractivity contribution in [2.45, 2.75) is 18.5 Å². The molecule has 0 spiro atoms. The van der Waals surface area contributed by atoms with Gasteiger partial charge in [-0.15, -0.1) is 0 Å². The Kier molecular flexibility index (Phi) is 4.41. The SMILES string of the molecule is COc1ccc2c(c1F)C(=O)N(CC1(c3cc4cc5c(cc4o3)C(=O)NCC5)NC(=O)NC1=O)C2. The molecule has 5 amide bonds. The number of carbonyl (C=O) groups is 4. The standard InChI is InChI=1S/C24H19FN4O6/c1-34-15-3-2-12-9-29(21(31)18(12)19(15)25)10-24(22(32)27-23(33)28-24)17-7-13-6-11-4-5-26-20(30)14(11)8-16(13)35-17/h2-3,6-8H,4-5,9-10H2,1H3,(H,26,30)(H2,27,28,32,33). The van der Waals surface area contributed by atoms with Gasteiger partial charge in [-0.1, -0.05) is 6.07 Å². The number of nitrogens with zero attached hydrogens (tertiary/aromatic N) is 1. The summed E-state index contributed by atoms with van der Waals surface area (Å²) in [6, 6.07) is 7.31. The molecule has 0 radical (unpaired) electrons. The van der Waals surface area contributed by atoms with Crippen molar-refractivity contribution in [3.63, 3.8) is 0 Å². The fourth-order valence-corrected chi connectivity index (χ4v) is 4.99. The van der Waals surface area contributed by atoms with Crippen molar-refractivity contribution in [3.05, 3.63) is 64.2 Å². The molecule has 6 rings (SSSR count). The fraction of sp³-hybridized carbons (Fsp3) is 0.250. The monoisotopic (exact) mass is 478 g/mol. The Labute approximate surface area is 197 Å². The van der Waals surface area contributed by atoms with Crippen molar-refractivity contribution in [2.24, 2.45) is 0 Å². The third kappa shape index (κ3) is 3.00. The highest BCUT2D eigenvalue weighted by molar-refractivity contribution is 6.08. The number of carbonyl (C=O) groups excluding carboxylic acids is 4. The van der Waals surface area contributed by atoms with Crippen LogP contribution in [0.25, 0.3) is 11.0 Å². The summed E-state index contributed by atoms with van der Waals surface area (Å²) in [5, 5.41) is 8.23. The number of ether oxygens (including phenoxy) is 1. The van der Waals surface area contributed by atoms with E-state index in [9.17, 15) is 23.6 Å². The summed E-state index contributed by atoms with van der Waals surface area (Å²) in [6.45, 7) is 0.262. The molecular formula is C24H19FN4O6. The molecule has 1 aromatic heterocycles. The van der Waals surface area contributed by atoms with Crippen LogP contribution in [0.15, 0.2) is 34.7 Å². The maximum absolute atomic E-state index is 14.8. The molecule has 0 aliphatic carbocycles. The number of amides is 5. The van der Waals surface area contributed by atoms with E-state index in [4.69, 9.17) is 9.15 Å². The number of urea groups is 1. The number of fused-ring (bicyclic) bond motifs is 3. The van der Waals surface area contributed by atoms with E-state index < -0.39 is 29.2 Å². The van der Waals surface area contributed by atoms with Crippen LogP contribution < -0.4 is 20.7 Å². The number of imide groups is 1. The maximum atomic E-state index is 14.8. The summed E-state index contributed by atoms with van der Waals surface area (Å²) in [7, 11) is 1.30. The number of halogens is 1. The van der Waals surface area contributed by atoms with E-state index in [0.717, 1.165) is 5.56 Å². The molecule has 0 bridgehead atoms. The number of hydrogen-bond donors (Lipinski definition) is 3. The largest absolute Gasteiger partial charge is 0.494 e. The number of furan rings is 1. The Bertz CT molecular complexity index is 1480. The topological polar surface area (TPSA) is 130 Å². The number of benzene rings is 2. The molecule has 0 saturated carbocycles. The molecule has 178 valence electrons. The zero-order valence-corrected chi connectivity index (χ0v) is 18.5. The van der Waals surface area contributed by atoms with Crippen molar-refractivity contribution < 1.29 is 32.7 Å². The normalized spacial score (nSPS) is 21.0. The number of hydrogen-bond acceptors (Lipinski definition) is 6. The highest BCUT2D eigenvalue weighted by atomic mass is 19.1. The van der Waals surface area contributed by atoms with Gasteiger partial charge in [0.1, 0.15) is 11.3 Å². The zero-order valence-electron chi connectivity index (χ0n) is 18.5. The Morgan fingerprint density at radius 3 is 2.71 bits per heavy atom. The highest BCUT2D eigenvalue weighted by Gasteiger charge is 2.53. The second kappa shape index (κ2) is 7.29. The van der Waals surface area contributed by atoms with Crippen LogP contribution in [0.4, 0.5) is 9.18 Å². The molecule has 4 heterocycles. The number of rotatable bonds is 4. The van der Waals surface area contributed by atoms with E-state index >= 15 is 0 Å². The van der Waals surface area contributed by atoms with Crippen LogP contribution in [0.2, 0.25) is 0 Å². The Morgan fingerprint density at radius 1 is 1.14 bits per heavy atom. The molecular weight excluding hydrogens is 459 g/mol. The van der Waals surface area contributed by atoms with Gasteiger partial charge in [-0.3, -0.25) is 19.7 Å². The third-order valence-electron chi connectivity index (χ3n) is 6.73. The van der Waals surface area contributed by atoms with Gasteiger partial charge in [0.05, 0.1) is 19.2 Å². The molecule has 3 aliphatic heterocycles. The quantitative estimate of drug-likeness (QED) is 0.488. The molecule has 1 saturated heterocycles. The van der Waals surface area contributed by atoms with Crippen LogP contribution in [-0.4, -0.2) is 48.9 Å². The van der Waals surface area contributed by atoms with Crippen molar-refractivity contribution in [1.29, 1.82) is 0 Å². The molecule has 3 aromatic rings. The van der Waals surface area contributed by atoms with Gasteiger partial charge in [-0.2, -0.15) is 0 Å². The highest BCUT2D eigenvalue weighted by Crippen LogP contribution is 2.37. The smallest absolute Gasteiger partial charge is 0.322 e. The Morgan fingerprint density at radius 2 is 1.97 bits per heavy atom. The lowest BCUT2D eigenvalue weighted by molar-refractivity contribution is -0.125. The van der Waals surface area contributed by atoms with Gasteiger partial charge in [0.2, 0.25) is 0 Å². The molecule has 11 heteroatoms. The summed E-state index contributed by atoms with van der Waals surface area (Å²) in [6.07, 6.45) is 0.648. The summed E-state index contributed by atoms with van der Waals surface area (Å²) in [5.41, 5.74) is 0.252. The van der Waals surface area contributed by atoms with Crippen molar-refractivity contribution in [2.75, 3.05) is 20.2 Å². The first kappa shape index (κ1) is 21.1. The van der Waals surface area contributed by atoms with E-state index in [1.807, 2.05) is 6.07 Å². The first-order valence-corrected chi connectivity index (χ1v) is 10.9. The summed E-state index contributed by atoms with van der Waals surface area (Å²) >= 11 is 0. The van der Waals surface area contributed by atoms with Gasteiger partial charge < -0.3 is 24.7 Å². The lowest BCUT2D eigenvalue weighted by Gasteiger charge is -2.29. The van der Waals surface area contributed by atoms with Crippen LogP contribution in [-0.2, 0) is 23.3 Å². The molecule has 3 N–H and O–H groups in total. The van der Waals surface area contributed by atoms with Gasteiger partial charge in [0.25, 0.3) is 17.7 Å². The molecule has 1 fully saturated rings. The minimum absolute atomic E-state index is 0.0364. The van der Waals surface area contributed by atoms with Crippen LogP contribution in [0.3, 0.4) is 0 Å². The first-order chi connectivity index (χ1) is 16.8. The van der Waals surface area contributed by atoms with Crippen molar-refractivity contribution in [3.8, 4) is 5.75 Å². The molecule has 10 nitrogen and oxygen atoms in total. The van der Waals surface area contributed by atoms with E-state index in [1.165, 1.54) is 18.1 Å². The summed E-state index contributed by atoms with van der Waals surface area (Å²) in [4.78, 5) is 51.9. The minimum Gasteiger partial charge on any atom is -0.494 e. The lowest BCUT2D eigenvalue weighted by atomic mass is 9.94. The van der Waals surface area contributed by atoms with E-state index in [1.54, 1.807) is 18.2 Å². The van der Waals surface area contributed by atoms with Crippen LogP contribution in [0.5, 0.6) is 5.75 Å². The van der Waals surface area contributed by atoms with Crippen LogP contribution >= 0.6 is 0 Å². The summed E-state index contributed by atoms with van der Waals surface area (Å²) < 4.78 is 25.8. The lowest BCUT2D eigenvalue weighted by Crippen LogP contribution is -2.52. The minimum atomic E-state index is -1.74.